The molecular weight excluding hydrogens is 354 g/mol. The van der Waals surface area contributed by atoms with E-state index in [9.17, 15) is 9.59 Å². The Hall–Kier alpha value is -3.53. The molecule has 0 atom stereocenters. The smallest absolute Gasteiger partial charge is 0.274 e. The molecule has 7 heteroatoms. The minimum absolute atomic E-state index is 0.177. The first-order valence-electron chi connectivity index (χ1n) is 9.29. The Morgan fingerprint density at radius 3 is 2.79 bits per heavy atom. The molecule has 1 aliphatic rings. The third-order valence-electron chi connectivity index (χ3n) is 5.18. The fourth-order valence-electron chi connectivity index (χ4n) is 3.63. The summed E-state index contributed by atoms with van der Waals surface area (Å²) in [6, 6.07) is 12.5. The van der Waals surface area contributed by atoms with Crippen molar-refractivity contribution in [3.05, 3.63) is 54.0 Å². The molecule has 0 saturated heterocycles. The van der Waals surface area contributed by atoms with Gasteiger partial charge in [-0.15, -0.1) is 0 Å². The highest BCUT2D eigenvalue weighted by molar-refractivity contribution is 6.03. The van der Waals surface area contributed by atoms with E-state index in [-0.39, 0.29) is 23.2 Å². The number of amides is 1. The van der Waals surface area contributed by atoms with Gasteiger partial charge in [0.05, 0.1) is 11.6 Å². The van der Waals surface area contributed by atoms with Crippen molar-refractivity contribution in [3.63, 3.8) is 0 Å². The van der Waals surface area contributed by atoms with Crippen LogP contribution in [0.2, 0.25) is 0 Å². The highest BCUT2D eigenvalue weighted by Crippen LogP contribution is 2.32. The van der Waals surface area contributed by atoms with Crippen LogP contribution in [-0.2, 0) is 4.79 Å². The standard InChI is InChI=1S/C21H19N5O2/c22-11-17-2-1-3-20(23-17)21(28)24-16-6-9-19-15(10-16)12-26(25-19)18-7-4-14(13-27)5-8-18/h1-3,6,9-10,12-14,18H,4-5,7-8H2,(H,24,28)/t14-,18-. The number of carbonyl (C=O) groups excluding carboxylic acids is 2. The van der Waals surface area contributed by atoms with Gasteiger partial charge in [0.2, 0.25) is 0 Å². The van der Waals surface area contributed by atoms with Crippen LogP contribution in [0.25, 0.3) is 10.9 Å². The van der Waals surface area contributed by atoms with Crippen molar-refractivity contribution in [2.24, 2.45) is 5.92 Å². The molecule has 0 aliphatic heterocycles. The number of nitrogens with one attached hydrogen (secondary N) is 1. The largest absolute Gasteiger partial charge is 0.321 e. The van der Waals surface area contributed by atoms with Gasteiger partial charge in [0.25, 0.3) is 5.91 Å². The number of benzene rings is 1. The topological polar surface area (TPSA) is 101 Å². The zero-order chi connectivity index (χ0) is 19.5. The van der Waals surface area contributed by atoms with E-state index in [1.54, 1.807) is 24.3 Å². The van der Waals surface area contributed by atoms with E-state index in [1.165, 1.54) is 0 Å². The number of hydrogen-bond donors (Lipinski definition) is 1. The van der Waals surface area contributed by atoms with Crippen molar-refractivity contribution >= 4 is 28.8 Å². The predicted octanol–water partition coefficient (Wildman–Crippen LogP) is 3.49. The molecule has 1 saturated carbocycles. The first-order valence-corrected chi connectivity index (χ1v) is 9.29. The van der Waals surface area contributed by atoms with E-state index < -0.39 is 0 Å². The van der Waals surface area contributed by atoms with Gasteiger partial charge < -0.3 is 10.1 Å². The van der Waals surface area contributed by atoms with Crippen LogP contribution in [0.15, 0.2) is 42.6 Å². The zero-order valence-electron chi connectivity index (χ0n) is 15.2. The molecule has 140 valence electrons. The van der Waals surface area contributed by atoms with Gasteiger partial charge in [-0.25, -0.2) is 4.98 Å². The van der Waals surface area contributed by atoms with Crippen LogP contribution >= 0.6 is 0 Å². The van der Waals surface area contributed by atoms with Crippen molar-refractivity contribution in [3.8, 4) is 6.07 Å². The van der Waals surface area contributed by atoms with Crippen LogP contribution < -0.4 is 5.32 Å². The van der Waals surface area contributed by atoms with E-state index in [0.29, 0.717) is 11.7 Å². The summed E-state index contributed by atoms with van der Waals surface area (Å²) in [7, 11) is 0. The highest BCUT2D eigenvalue weighted by Gasteiger charge is 2.22. The number of anilines is 1. The van der Waals surface area contributed by atoms with E-state index in [2.05, 4.69) is 15.4 Å². The zero-order valence-corrected chi connectivity index (χ0v) is 15.2. The summed E-state index contributed by atoms with van der Waals surface area (Å²) in [5.41, 5.74) is 1.90. The van der Waals surface area contributed by atoms with Gasteiger partial charge in [-0.3, -0.25) is 9.48 Å². The maximum Gasteiger partial charge on any atom is 0.274 e. The van der Waals surface area contributed by atoms with Crippen molar-refractivity contribution < 1.29 is 9.59 Å². The summed E-state index contributed by atoms with van der Waals surface area (Å²) < 4.78 is 1.98. The van der Waals surface area contributed by atoms with Crippen LogP contribution in [0.1, 0.15) is 47.9 Å². The average Bonchev–Trinajstić information content (AvgIpc) is 3.17. The maximum absolute atomic E-state index is 12.4. The van der Waals surface area contributed by atoms with Gasteiger partial charge in [0, 0.05) is 23.2 Å². The minimum atomic E-state index is -0.365. The van der Waals surface area contributed by atoms with Crippen molar-refractivity contribution in [1.82, 2.24) is 14.8 Å². The number of nitrogens with zero attached hydrogens (tertiary/aromatic N) is 4. The SMILES string of the molecule is N#Cc1cccc(C(=O)Nc2ccc3nn([C@H]4CC[C@H](C=O)CC4)cc3c2)n1. The second-order valence-electron chi connectivity index (χ2n) is 7.06. The van der Waals surface area contributed by atoms with Crippen LogP contribution in [-0.4, -0.2) is 27.0 Å². The minimum Gasteiger partial charge on any atom is -0.321 e. The Morgan fingerprint density at radius 2 is 2.04 bits per heavy atom. The number of pyridine rings is 1. The fourth-order valence-corrected chi connectivity index (χ4v) is 3.63. The number of fused-ring (bicyclic) bond motifs is 1. The molecule has 2 heterocycles. The number of carbonyl (C=O) groups is 2. The summed E-state index contributed by atoms with van der Waals surface area (Å²) in [6.07, 6.45) is 6.75. The Balaban J connectivity index is 1.51. The molecular formula is C21H19N5O2. The van der Waals surface area contributed by atoms with Gasteiger partial charge >= 0.3 is 0 Å². The Morgan fingerprint density at radius 1 is 1.21 bits per heavy atom. The first-order chi connectivity index (χ1) is 13.7. The molecule has 1 aliphatic carbocycles. The Labute approximate surface area is 162 Å². The number of hydrogen-bond acceptors (Lipinski definition) is 5. The van der Waals surface area contributed by atoms with Crippen molar-refractivity contribution in [1.29, 1.82) is 5.26 Å². The van der Waals surface area contributed by atoms with Crippen LogP contribution in [0, 0.1) is 17.2 Å². The van der Waals surface area contributed by atoms with Crippen molar-refractivity contribution in [2.45, 2.75) is 31.7 Å². The summed E-state index contributed by atoms with van der Waals surface area (Å²) in [6.45, 7) is 0. The number of aromatic nitrogens is 3. The van der Waals surface area contributed by atoms with Gasteiger partial charge in [-0.2, -0.15) is 10.4 Å². The maximum atomic E-state index is 12.4. The Bertz CT molecular complexity index is 1070. The van der Waals surface area contributed by atoms with Gasteiger partial charge in [-0.05, 0) is 56.0 Å². The van der Waals surface area contributed by atoms with E-state index in [4.69, 9.17) is 5.26 Å². The molecule has 0 bridgehead atoms. The monoisotopic (exact) mass is 373 g/mol. The quantitative estimate of drug-likeness (QED) is 0.706. The lowest BCUT2D eigenvalue weighted by Crippen LogP contribution is -2.19. The summed E-state index contributed by atoms with van der Waals surface area (Å²) >= 11 is 0. The molecule has 0 unspecified atom stereocenters. The third-order valence-corrected chi connectivity index (χ3v) is 5.18. The molecule has 7 nitrogen and oxygen atoms in total. The second kappa shape index (κ2) is 7.61. The lowest BCUT2D eigenvalue weighted by Gasteiger charge is -2.25. The lowest BCUT2D eigenvalue weighted by molar-refractivity contribution is -0.112. The normalized spacial score (nSPS) is 19.1. The van der Waals surface area contributed by atoms with E-state index >= 15 is 0 Å². The second-order valence-corrected chi connectivity index (χ2v) is 7.06. The van der Waals surface area contributed by atoms with E-state index in [1.807, 2.05) is 29.1 Å². The first kappa shape index (κ1) is 17.9. The summed E-state index contributed by atoms with van der Waals surface area (Å²) in [5, 5.41) is 17.3. The molecule has 1 aromatic carbocycles. The van der Waals surface area contributed by atoms with Crippen LogP contribution in [0.5, 0.6) is 0 Å². The third kappa shape index (κ3) is 3.62. The highest BCUT2D eigenvalue weighted by atomic mass is 16.1. The van der Waals surface area contributed by atoms with Crippen LogP contribution in [0.4, 0.5) is 5.69 Å². The molecule has 4 rings (SSSR count). The van der Waals surface area contributed by atoms with Gasteiger partial charge in [0.15, 0.2) is 0 Å². The van der Waals surface area contributed by atoms with Crippen LogP contribution in [0.3, 0.4) is 0 Å². The summed E-state index contributed by atoms with van der Waals surface area (Å²) in [4.78, 5) is 27.3. The fraction of sp³-hybridized carbons (Fsp3) is 0.286. The van der Waals surface area contributed by atoms with Gasteiger partial charge in [-0.1, -0.05) is 6.07 Å². The molecule has 1 N–H and O–H groups in total. The molecule has 2 aromatic heterocycles. The lowest BCUT2D eigenvalue weighted by atomic mass is 9.87. The van der Waals surface area contributed by atoms with Gasteiger partial charge in [0.1, 0.15) is 23.7 Å². The average molecular weight is 373 g/mol. The molecule has 0 spiro atoms. The molecule has 0 radical (unpaired) electrons. The number of rotatable bonds is 4. The molecule has 1 fully saturated rings. The molecule has 1 amide bonds. The predicted molar refractivity (Wildman–Crippen MR) is 104 cm³/mol. The number of aldehydes is 1. The summed E-state index contributed by atoms with van der Waals surface area (Å²) in [5.74, 6) is -0.188. The molecule has 3 aromatic rings. The molecule has 28 heavy (non-hydrogen) atoms. The van der Waals surface area contributed by atoms with E-state index in [0.717, 1.165) is 42.9 Å². The van der Waals surface area contributed by atoms with Crippen molar-refractivity contribution in [2.75, 3.05) is 5.32 Å². The number of nitriles is 1. The Kier molecular flexibility index (Phi) is 4.85.